The molecule has 3 heteroatoms. The lowest BCUT2D eigenvalue weighted by Crippen LogP contribution is -2.52. The summed E-state index contributed by atoms with van der Waals surface area (Å²) in [6, 6.07) is 10.1. The standard InChI is InChI=1S/C29H42N2O/c32-28(29-18-21-15-22(19-29)17-23(16-21)20-29)30-26-13-7-8-14-27(26)31(24-9-3-1-4-10-24)25-11-5-2-6-12-25/h7-8,13-14,21-25H,1-6,9-12,15-20H2,(H,30,32). The van der Waals surface area contributed by atoms with Gasteiger partial charge in [0.25, 0.3) is 0 Å². The second kappa shape index (κ2) is 8.69. The Bertz CT molecular complexity index is 767. The van der Waals surface area contributed by atoms with Crippen molar-refractivity contribution in [3.05, 3.63) is 24.3 Å². The molecule has 1 amide bonds. The number of rotatable bonds is 5. The summed E-state index contributed by atoms with van der Waals surface area (Å²) in [5.41, 5.74) is 2.32. The highest BCUT2D eigenvalue weighted by molar-refractivity contribution is 5.98. The topological polar surface area (TPSA) is 32.3 Å². The molecule has 0 spiro atoms. The maximum Gasteiger partial charge on any atom is 0.230 e. The highest BCUT2D eigenvalue weighted by Crippen LogP contribution is 2.60. The van der Waals surface area contributed by atoms with Crippen molar-refractivity contribution in [2.75, 3.05) is 10.2 Å². The molecule has 6 fully saturated rings. The average molecular weight is 435 g/mol. The van der Waals surface area contributed by atoms with Crippen LogP contribution >= 0.6 is 0 Å². The van der Waals surface area contributed by atoms with Crippen LogP contribution in [0.2, 0.25) is 0 Å². The first-order valence-corrected chi connectivity index (χ1v) is 13.9. The first kappa shape index (κ1) is 21.1. The molecule has 1 aromatic rings. The van der Waals surface area contributed by atoms with E-state index in [0.717, 1.165) is 42.7 Å². The molecule has 1 N–H and O–H groups in total. The number of para-hydroxylation sites is 2. The van der Waals surface area contributed by atoms with Crippen molar-refractivity contribution >= 4 is 17.3 Å². The van der Waals surface area contributed by atoms with E-state index in [4.69, 9.17) is 0 Å². The molecule has 1 aromatic carbocycles. The van der Waals surface area contributed by atoms with Crippen molar-refractivity contribution in [2.45, 2.75) is 115 Å². The van der Waals surface area contributed by atoms with Crippen molar-refractivity contribution in [1.29, 1.82) is 0 Å². The molecule has 0 unspecified atom stereocenters. The number of carbonyl (C=O) groups is 1. The third-order valence-corrected chi connectivity index (χ3v) is 9.89. The molecule has 0 saturated heterocycles. The maximum atomic E-state index is 13.9. The number of nitrogens with zero attached hydrogens (tertiary/aromatic N) is 1. The average Bonchev–Trinajstić information content (AvgIpc) is 2.81. The molecule has 174 valence electrons. The molecule has 6 saturated carbocycles. The number of anilines is 2. The van der Waals surface area contributed by atoms with Gasteiger partial charge in [-0.05, 0) is 94.1 Å². The van der Waals surface area contributed by atoms with Crippen molar-refractivity contribution in [3.63, 3.8) is 0 Å². The summed E-state index contributed by atoms with van der Waals surface area (Å²) in [6.07, 6.45) is 21.0. The zero-order valence-electron chi connectivity index (χ0n) is 19.9. The summed E-state index contributed by atoms with van der Waals surface area (Å²) in [4.78, 5) is 16.6. The van der Waals surface area contributed by atoms with Crippen LogP contribution in [-0.4, -0.2) is 18.0 Å². The third-order valence-electron chi connectivity index (χ3n) is 9.89. The van der Waals surface area contributed by atoms with E-state index in [2.05, 4.69) is 34.5 Å². The molecule has 6 aliphatic carbocycles. The first-order valence-electron chi connectivity index (χ1n) is 13.9. The van der Waals surface area contributed by atoms with E-state index in [1.54, 1.807) is 0 Å². The minimum Gasteiger partial charge on any atom is -0.364 e. The summed E-state index contributed by atoms with van der Waals surface area (Å²) < 4.78 is 0. The molecular formula is C29H42N2O. The van der Waals surface area contributed by atoms with Crippen LogP contribution < -0.4 is 10.2 Å². The van der Waals surface area contributed by atoms with Crippen molar-refractivity contribution < 1.29 is 4.79 Å². The van der Waals surface area contributed by atoms with Gasteiger partial charge in [0.2, 0.25) is 5.91 Å². The van der Waals surface area contributed by atoms with Crippen LogP contribution in [-0.2, 0) is 4.79 Å². The van der Waals surface area contributed by atoms with E-state index >= 15 is 0 Å². The Hall–Kier alpha value is -1.51. The normalized spacial score (nSPS) is 35.1. The fraction of sp³-hybridized carbons (Fsp3) is 0.759. The second-order valence-corrected chi connectivity index (χ2v) is 12.2. The molecule has 0 heterocycles. The van der Waals surface area contributed by atoms with Gasteiger partial charge >= 0.3 is 0 Å². The molecular weight excluding hydrogens is 392 g/mol. The van der Waals surface area contributed by atoms with Crippen molar-refractivity contribution in [3.8, 4) is 0 Å². The molecule has 6 aliphatic rings. The van der Waals surface area contributed by atoms with Crippen LogP contribution in [0.15, 0.2) is 24.3 Å². The predicted octanol–water partition coefficient (Wildman–Crippen LogP) is 7.31. The molecule has 32 heavy (non-hydrogen) atoms. The van der Waals surface area contributed by atoms with Gasteiger partial charge in [0, 0.05) is 12.1 Å². The van der Waals surface area contributed by atoms with Crippen molar-refractivity contribution in [2.24, 2.45) is 23.2 Å². The quantitative estimate of drug-likeness (QED) is 0.527. The Labute approximate surface area is 194 Å². The van der Waals surface area contributed by atoms with E-state index in [1.165, 1.54) is 89.2 Å². The Balaban J connectivity index is 1.28. The number of hydrogen-bond acceptors (Lipinski definition) is 2. The van der Waals surface area contributed by atoms with Gasteiger partial charge in [-0.3, -0.25) is 4.79 Å². The van der Waals surface area contributed by atoms with Crippen LogP contribution in [0, 0.1) is 23.2 Å². The number of carbonyl (C=O) groups excluding carboxylic acids is 1. The van der Waals surface area contributed by atoms with Crippen molar-refractivity contribution in [1.82, 2.24) is 0 Å². The minimum absolute atomic E-state index is 0.0810. The summed E-state index contributed by atoms with van der Waals surface area (Å²) in [7, 11) is 0. The lowest BCUT2D eigenvalue weighted by molar-refractivity contribution is -0.140. The van der Waals surface area contributed by atoms with Gasteiger partial charge in [-0.15, -0.1) is 0 Å². The fourth-order valence-corrected chi connectivity index (χ4v) is 8.86. The second-order valence-electron chi connectivity index (χ2n) is 12.2. The lowest BCUT2D eigenvalue weighted by Gasteiger charge is -2.55. The molecule has 0 aliphatic heterocycles. The third kappa shape index (κ3) is 3.88. The van der Waals surface area contributed by atoms with E-state index in [1.807, 2.05) is 0 Å². The monoisotopic (exact) mass is 434 g/mol. The smallest absolute Gasteiger partial charge is 0.230 e. The highest BCUT2D eigenvalue weighted by atomic mass is 16.2. The lowest BCUT2D eigenvalue weighted by atomic mass is 9.49. The molecule has 3 nitrogen and oxygen atoms in total. The van der Waals surface area contributed by atoms with Gasteiger partial charge in [0.05, 0.1) is 16.8 Å². The maximum absolute atomic E-state index is 13.9. The minimum atomic E-state index is -0.0810. The van der Waals surface area contributed by atoms with E-state index in [0.29, 0.717) is 18.0 Å². The van der Waals surface area contributed by atoms with Gasteiger partial charge in [-0.25, -0.2) is 0 Å². The number of amides is 1. The van der Waals surface area contributed by atoms with Gasteiger partial charge in [0.15, 0.2) is 0 Å². The van der Waals surface area contributed by atoms with Crippen LogP contribution in [0.25, 0.3) is 0 Å². The van der Waals surface area contributed by atoms with Gasteiger partial charge in [-0.1, -0.05) is 50.7 Å². The molecule has 0 radical (unpaired) electrons. The Kier molecular flexibility index (Phi) is 5.72. The number of benzene rings is 1. The molecule has 0 atom stereocenters. The largest absolute Gasteiger partial charge is 0.364 e. The summed E-state index contributed by atoms with van der Waals surface area (Å²) in [5.74, 6) is 2.77. The summed E-state index contributed by atoms with van der Waals surface area (Å²) >= 11 is 0. The van der Waals surface area contributed by atoms with Crippen LogP contribution in [0.5, 0.6) is 0 Å². The van der Waals surface area contributed by atoms with Crippen LogP contribution in [0.1, 0.15) is 103 Å². The molecule has 0 aromatic heterocycles. The first-order chi connectivity index (χ1) is 15.7. The number of hydrogen-bond donors (Lipinski definition) is 1. The highest BCUT2D eigenvalue weighted by Gasteiger charge is 2.54. The fourth-order valence-electron chi connectivity index (χ4n) is 8.86. The van der Waals surface area contributed by atoms with E-state index < -0.39 is 0 Å². The van der Waals surface area contributed by atoms with E-state index in [-0.39, 0.29) is 5.41 Å². The zero-order chi connectivity index (χ0) is 21.5. The Morgan fingerprint density at radius 1 is 0.750 bits per heavy atom. The summed E-state index contributed by atoms with van der Waals surface area (Å²) in [5, 5.41) is 3.55. The zero-order valence-corrected chi connectivity index (χ0v) is 19.9. The van der Waals surface area contributed by atoms with Gasteiger partial charge < -0.3 is 10.2 Å². The predicted molar refractivity (Wildman–Crippen MR) is 132 cm³/mol. The van der Waals surface area contributed by atoms with Gasteiger partial charge in [0.1, 0.15) is 0 Å². The Morgan fingerprint density at radius 2 is 1.25 bits per heavy atom. The van der Waals surface area contributed by atoms with E-state index in [9.17, 15) is 4.79 Å². The van der Waals surface area contributed by atoms with Crippen LogP contribution in [0.3, 0.4) is 0 Å². The summed E-state index contributed by atoms with van der Waals surface area (Å²) in [6.45, 7) is 0. The van der Waals surface area contributed by atoms with Gasteiger partial charge in [-0.2, -0.15) is 0 Å². The van der Waals surface area contributed by atoms with Crippen LogP contribution in [0.4, 0.5) is 11.4 Å². The Morgan fingerprint density at radius 3 is 1.78 bits per heavy atom. The molecule has 7 rings (SSSR count). The SMILES string of the molecule is O=C(Nc1ccccc1N(C1CCCCC1)C1CCCCC1)C12CC3CC(CC(C3)C1)C2. The molecule has 4 bridgehead atoms. The number of nitrogens with one attached hydrogen (secondary N) is 1.